The first kappa shape index (κ1) is 26.1. The molecule has 0 bridgehead atoms. The highest BCUT2D eigenvalue weighted by Crippen LogP contribution is 2.33. The van der Waals surface area contributed by atoms with E-state index >= 15 is 0 Å². The summed E-state index contributed by atoms with van der Waals surface area (Å²) in [5, 5.41) is 13.4. The van der Waals surface area contributed by atoms with Crippen LogP contribution >= 0.6 is 0 Å². The van der Waals surface area contributed by atoms with E-state index in [1.54, 1.807) is 18.2 Å². The van der Waals surface area contributed by atoms with E-state index in [0.717, 1.165) is 55.5 Å². The average molecular weight is 445 g/mol. The fraction of sp³-hybridized carbons (Fsp3) is 0.593. The smallest absolute Gasteiger partial charge is 0.251 e. The lowest BCUT2D eigenvalue weighted by Crippen LogP contribution is -2.43. The van der Waals surface area contributed by atoms with Crippen molar-refractivity contribution in [2.45, 2.75) is 84.8 Å². The molecule has 1 aromatic carbocycles. The maximum atomic E-state index is 14.0. The highest BCUT2D eigenvalue weighted by atomic mass is 19.1. The second-order valence-corrected chi connectivity index (χ2v) is 8.84. The molecule has 0 aliphatic heterocycles. The molecular formula is C27H41FN2O2. The van der Waals surface area contributed by atoms with Crippen LogP contribution in [0.25, 0.3) is 5.70 Å². The van der Waals surface area contributed by atoms with E-state index < -0.39 is 6.10 Å². The van der Waals surface area contributed by atoms with E-state index in [4.69, 9.17) is 0 Å². The lowest BCUT2D eigenvalue weighted by molar-refractivity contribution is -0.118. The minimum Gasteiger partial charge on any atom is -0.391 e. The monoisotopic (exact) mass is 444 g/mol. The zero-order valence-corrected chi connectivity index (χ0v) is 20.5. The van der Waals surface area contributed by atoms with Gasteiger partial charge in [-0.1, -0.05) is 45.3 Å². The number of carbonyl (C=O) groups is 1. The van der Waals surface area contributed by atoms with Crippen LogP contribution in [0.2, 0.25) is 0 Å². The first-order valence-electron chi connectivity index (χ1n) is 12.2. The van der Waals surface area contributed by atoms with Crippen molar-refractivity contribution in [3.63, 3.8) is 0 Å². The lowest BCUT2D eigenvalue weighted by Gasteiger charge is -2.26. The average Bonchev–Trinajstić information content (AvgIpc) is 3.61. The van der Waals surface area contributed by atoms with Crippen LogP contribution in [0.5, 0.6) is 0 Å². The number of hydrogen-bond donors (Lipinski definition) is 2. The highest BCUT2D eigenvalue weighted by molar-refractivity contribution is 5.98. The number of benzene rings is 1. The summed E-state index contributed by atoms with van der Waals surface area (Å²) in [5.41, 5.74) is 3.16. The molecule has 2 aliphatic carbocycles. The number of aryl methyl sites for hydroxylation is 1. The summed E-state index contributed by atoms with van der Waals surface area (Å²) in [6.07, 6.45) is 10.2. The topological polar surface area (TPSA) is 52.6 Å². The molecule has 2 aliphatic rings. The summed E-state index contributed by atoms with van der Waals surface area (Å²) in [7, 11) is 2.01. The molecule has 0 radical (unpaired) electrons. The Morgan fingerprint density at radius 2 is 1.88 bits per heavy atom. The molecule has 178 valence electrons. The van der Waals surface area contributed by atoms with Crippen molar-refractivity contribution in [1.29, 1.82) is 0 Å². The standard InChI is InChI=1S/C25H35FN2O2.C2H6/c1-4-19(25(30)27-22-8-6-5-7-9-24(22)29)14-23(28(3)16-18-11-12-18)21-15-20(26)13-10-17(21)2;1-2/h4,10,13-15,18,22,24,29H,5-9,11-12,16H2,1-3H3,(H,27,30);1-2H3/b19-4-,23-14-;/t22-,24?;/m0./s1. The molecule has 2 fully saturated rings. The molecule has 32 heavy (non-hydrogen) atoms. The minimum atomic E-state index is -0.499. The minimum absolute atomic E-state index is 0.185. The Morgan fingerprint density at radius 3 is 2.53 bits per heavy atom. The summed E-state index contributed by atoms with van der Waals surface area (Å²) < 4.78 is 14.0. The Morgan fingerprint density at radius 1 is 1.19 bits per heavy atom. The molecule has 1 amide bonds. The zero-order chi connectivity index (χ0) is 23.7. The van der Waals surface area contributed by atoms with Gasteiger partial charge in [-0.3, -0.25) is 4.79 Å². The molecule has 1 aromatic rings. The van der Waals surface area contributed by atoms with Gasteiger partial charge in [-0.2, -0.15) is 0 Å². The van der Waals surface area contributed by atoms with Crippen molar-refractivity contribution < 1.29 is 14.3 Å². The van der Waals surface area contributed by atoms with Crippen LogP contribution in [0.4, 0.5) is 4.39 Å². The maximum Gasteiger partial charge on any atom is 0.251 e. The summed E-state index contributed by atoms with van der Waals surface area (Å²) in [4.78, 5) is 15.2. The SMILES string of the molecule is C/C=C(/C=C(/c1cc(F)ccc1C)N(C)CC1CC1)C(=O)N[C@H]1CCCCCC1O.CC. The van der Waals surface area contributed by atoms with Crippen LogP contribution < -0.4 is 5.32 Å². The molecule has 2 N–H and O–H groups in total. The molecule has 2 saturated carbocycles. The van der Waals surface area contributed by atoms with E-state index in [1.807, 2.05) is 40.8 Å². The largest absolute Gasteiger partial charge is 0.391 e. The van der Waals surface area contributed by atoms with Crippen molar-refractivity contribution in [2.75, 3.05) is 13.6 Å². The number of aliphatic hydroxyl groups excluding tert-OH is 1. The number of hydrogen-bond acceptors (Lipinski definition) is 3. The number of nitrogens with one attached hydrogen (secondary N) is 1. The summed E-state index contributed by atoms with van der Waals surface area (Å²) in [6.45, 7) is 8.69. The molecule has 1 unspecified atom stereocenters. The van der Waals surface area contributed by atoms with Crippen LogP contribution in [-0.2, 0) is 4.79 Å². The van der Waals surface area contributed by atoms with Crippen LogP contribution in [0.3, 0.4) is 0 Å². The van der Waals surface area contributed by atoms with Gasteiger partial charge in [0.2, 0.25) is 0 Å². The first-order valence-corrected chi connectivity index (χ1v) is 12.2. The molecule has 4 nitrogen and oxygen atoms in total. The molecule has 0 saturated heterocycles. The molecule has 0 aromatic heterocycles. The molecule has 3 rings (SSSR count). The van der Waals surface area contributed by atoms with Crippen molar-refractivity contribution in [3.05, 3.63) is 52.9 Å². The maximum absolute atomic E-state index is 14.0. The first-order chi connectivity index (χ1) is 15.4. The number of carbonyl (C=O) groups excluding carboxylic acids is 1. The molecule has 0 spiro atoms. The Balaban J connectivity index is 0.00000176. The van der Waals surface area contributed by atoms with Gasteiger partial charge in [0.25, 0.3) is 5.91 Å². The van der Waals surface area contributed by atoms with Gasteiger partial charge in [-0.25, -0.2) is 4.39 Å². The second kappa shape index (κ2) is 12.8. The van der Waals surface area contributed by atoms with Gasteiger partial charge in [-0.05, 0) is 69.2 Å². The Hall–Kier alpha value is -2.14. The lowest BCUT2D eigenvalue weighted by atomic mass is 10.0. The van der Waals surface area contributed by atoms with Crippen LogP contribution in [0, 0.1) is 18.7 Å². The van der Waals surface area contributed by atoms with Gasteiger partial charge in [-0.15, -0.1) is 0 Å². The van der Waals surface area contributed by atoms with E-state index in [1.165, 1.54) is 18.9 Å². The van der Waals surface area contributed by atoms with E-state index in [2.05, 4.69) is 10.2 Å². The Labute approximate surface area is 193 Å². The van der Waals surface area contributed by atoms with Crippen LogP contribution in [0.1, 0.15) is 76.8 Å². The van der Waals surface area contributed by atoms with E-state index in [0.29, 0.717) is 11.5 Å². The van der Waals surface area contributed by atoms with Gasteiger partial charge in [0.1, 0.15) is 5.82 Å². The van der Waals surface area contributed by atoms with E-state index in [9.17, 15) is 14.3 Å². The number of allylic oxidation sites excluding steroid dienone is 1. The van der Waals surface area contributed by atoms with Crippen molar-refractivity contribution in [2.24, 2.45) is 5.92 Å². The summed E-state index contributed by atoms with van der Waals surface area (Å²) in [5.74, 6) is 0.195. The van der Waals surface area contributed by atoms with Gasteiger partial charge >= 0.3 is 0 Å². The van der Waals surface area contributed by atoms with Crippen LogP contribution in [0.15, 0.2) is 35.9 Å². The summed E-state index contributed by atoms with van der Waals surface area (Å²) >= 11 is 0. The number of halogens is 1. The third-order valence-corrected chi connectivity index (χ3v) is 6.28. The van der Waals surface area contributed by atoms with Gasteiger partial charge in [0, 0.05) is 30.4 Å². The van der Waals surface area contributed by atoms with Crippen molar-refractivity contribution in [3.8, 4) is 0 Å². The van der Waals surface area contributed by atoms with Gasteiger partial charge < -0.3 is 15.3 Å². The highest BCUT2D eigenvalue weighted by Gasteiger charge is 2.26. The quantitative estimate of drug-likeness (QED) is 0.327. The normalized spacial score (nSPS) is 21.8. The number of nitrogens with zero attached hydrogens (tertiary/aromatic N) is 1. The molecule has 0 heterocycles. The number of rotatable bonds is 7. The predicted octanol–water partition coefficient (Wildman–Crippen LogP) is 5.60. The van der Waals surface area contributed by atoms with Gasteiger partial charge in [0.15, 0.2) is 0 Å². The Bertz CT molecular complexity index is 814. The fourth-order valence-electron chi connectivity index (χ4n) is 4.19. The molecular weight excluding hydrogens is 403 g/mol. The third-order valence-electron chi connectivity index (χ3n) is 6.28. The summed E-state index contributed by atoms with van der Waals surface area (Å²) in [6, 6.07) is 4.58. The molecule has 2 atom stereocenters. The zero-order valence-electron chi connectivity index (χ0n) is 20.5. The third kappa shape index (κ3) is 7.47. The molecule has 5 heteroatoms. The van der Waals surface area contributed by atoms with Gasteiger partial charge in [0.05, 0.1) is 12.1 Å². The van der Waals surface area contributed by atoms with Crippen molar-refractivity contribution in [1.82, 2.24) is 10.2 Å². The fourth-order valence-corrected chi connectivity index (χ4v) is 4.19. The predicted molar refractivity (Wildman–Crippen MR) is 131 cm³/mol. The van der Waals surface area contributed by atoms with E-state index in [-0.39, 0.29) is 17.8 Å². The van der Waals surface area contributed by atoms with Crippen molar-refractivity contribution >= 4 is 11.6 Å². The number of aliphatic hydroxyl groups is 1. The number of amides is 1. The van der Waals surface area contributed by atoms with Crippen LogP contribution in [-0.4, -0.2) is 41.7 Å². The second-order valence-electron chi connectivity index (χ2n) is 8.84. The Kier molecular flexibility index (Phi) is 10.4.